The minimum absolute atomic E-state index is 0.0771. The van der Waals surface area contributed by atoms with Gasteiger partial charge in [-0.3, -0.25) is 0 Å². The number of aryl methyl sites for hydroxylation is 1. The van der Waals surface area contributed by atoms with Crippen LogP contribution in [-0.4, -0.2) is 0 Å². The number of benzene rings is 1. The van der Waals surface area contributed by atoms with Gasteiger partial charge in [0, 0.05) is 0 Å². The van der Waals surface area contributed by atoms with Crippen LogP contribution in [-0.2, 0) is 11.1 Å². The summed E-state index contributed by atoms with van der Waals surface area (Å²) in [5.74, 6) is 0. The van der Waals surface area contributed by atoms with E-state index in [4.69, 9.17) is 0 Å². The Balaban J connectivity index is 3.30. The Morgan fingerprint density at radius 2 is 1.53 bits per heavy atom. The first kappa shape index (κ1) is 12.2. The number of halogens is 1. The van der Waals surface area contributed by atoms with Crippen molar-refractivity contribution in [2.24, 2.45) is 0 Å². The Labute approximate surface area is 92.5 Å². The molecule has 15 heavy (non-hydrogen) atoms. The molecule has 0 aliphatic heterocycles. The summed E-state index contributed by atoms with van der Waals surface area (Å²) in [5, 5.41) is 0. The lowest BCUT2D eigenvalue weighted by Gasteiger charge is -2.24. The molecule has 0 aliphatic rings. The Morgan fingerprint density at radius 3 is 1.93 bits per heavy atom. The van der Waals surface area contributed by atoms with E-state index in [1.54, 1.807) is 13.8 Å². The van der Waals surface area contributed by atoms with Crippen LogP contribution in [0.4, 0.5) is 4.39 Å². The molecule has 0 unspecified atom stereocenters. The molecule has 0 heterocycles. The summed E-state index contributed by atoms with van der Waals surface area (Å²) >= 11 is 0. The lowest BCUT2D eigenvalue weighted by molar-refractivity contribution is 0.220. The number of rotatable bonds is 1. The van der Waals surface area contributed by atoms with Crippen molar-refractivity contribution in [3.05, 3.63) is 34.9 Å². The van der Waals surface area contributed by atoms with E-state index in [0.717, 1.165) is 11.1 Å². The minimum Gasteiger partial charge on any atom is -0.239 e. The van der Waals surface area contributed by atoms with Crippen LogP contribution < -0.4 is 0 Å². The molecule has 0 radical (unpaired) electrons. The number of hydrogen-bond acceptors (Lipinski definition) is 0. The molecule has 1 aromatic rings. The molecule has 0 atom stereocenters. The van der Waals surface area contributed by atoms with Crippen molar-refractivity contribution in [2.75, 3.05) is 0 Å². The Hall–Kier alpha value is -0.850. The second kappa shape index (κ2) is 3.62. The SMILES string of the molecule is Cc1ccc(C(C)(C)C)cc1C(C)(C)F. The Bertz CT molecular complexity index is 351. The molecular weight excluding hydrogens is 187 g/mol. The predicted octanol–water partition coefficient (Wildman–Crippen LogP) is 4.50. The Kier molecular flexibility index (Phi) is 2.95. The second-order valence-electron chi connectivity index (χ2n) is 5.75. The van der Waals surface area contributed by atoms with Gasteiger partial charge in [-0.15, -0.1) is 0 Å². The monoisotopic (exact) mass is 208 g/mol. The van der Waals surface area contributed by atoms with Gasteiger partial charge in [-0.25, -0.2) is 4.39 Å². The van der Waals surface area contributed by atoms with Crippen molar-refractivity contribution in [3.8, 4) is 0 Å². The van der Waals surface area contributed by atoms with Gasteiger partial charge < -0.3 is 0 Å². The first-order valence-electron chi connectivity index (χ1n) is 5.43. The van der Waals surface area contributed by atoms with Gasteiger partial charge in [0.2, 0.25) is 0 Å². The van der Waals surface area contributed by atoms with Gasteiger partial charge in [-0.1, -0.05) is 39.0 Å². The summed E-state index contributed by atoms with van der Waals surface area (Å²) in [7, 11) is 0. The van der Waals surface area contributed by atoms with Gasteiger partial charge in [0.25, 0.3) is 0 Å². The van der Waals surface area contributed by atoms with Crippen LogP contribution in [0.5, 0.6) is 0 Å². The summed E-state index contributed by atoms with van der Waals surface area (Å²) in [6, 6.07) is 6.09. The maximum absolute atomic E-state index is 14.0. The van der Waals surface area contributed by atoms with Gasteiger partial charge in [-0.05, 0) is 42.9 Å². The maximum Gasteiger partial charge on any atom is 0.130 e. The van der Waals surface area contributed by atoms with Crippen molar-refractivity contribution in [1.29, 1.82) is 0 Å². The molecule has 0 amide bonds. The summed E-state index contributed by atoms with van der Waals surface area (Å²) < 4.78 is 14.0. The topological polar surface area (TPSA) is 0 Å². The van der Waals surface area contributed by atoms with Crippen molar-refractivity contribution >= 4 is 0 Å². The first-order chi connectivity index (χ1) is 6.62. The first-order valence-corrected chi connectivity index (χ1v) is 5.43. The molecule has 1 heteroatoms. The summed E-state index contributed by atoms with van der Waals surface area (Å²) in [4.78, 5) is 0. The van der Waals surface area contributed by atoms with Crippen molar-refractivity contribution in [3.63, 3.8) is 0 Å². The number of alkyl halides is 1. The third-order valence-electron chi connectivity index (χ3n) is 2.74. The zero-order valence-corrected chi connectivity index (χ0v) is 10.6. The van der Waals surface area contributed by atoms with E-state index in [0.29, 0.717) is 0 Å². The highest BCUT2D eigenvalue weighted by Gasteiger charge is 2.23. The van der Waals surface area contributed by atoms with Crippen molar-refractivity contribution in [2.45, 2.75) is 52.6 Å². The molecule has 0 aromatic heterocycles. The highest BCUT2D eigenvalue weighted by Crippen LogP contribution is 2.32. The summed E-state index contributed by atoms with van der Waals surface area (Å²) in [6.07, 6.45) is 0. The van der Waals surface area contributed by atoms with Crippen molar-refractivity contribution < 1.29 is 4.39 Å². The summed E-state index contributed by atoms with van der Waals surface area (Å²) in [5.41, 5.74) is 1.83. The van der Waals surface area contributed by atoms with E-state index in [1.807, 2.05) is 19.1 Å². The third kappa shape index (κ3) is 2.80. The van der Waals surface area contributed by atoms with Crippen LogP contribution in [0.25, 0.3) is 0 Å². The van der Waals surface area contributed by atoms with Gasteiger partial charge in [0.05, 0.1) is 0 Å². The lowest BCUT2D eigenvalue weighted by Crippen LogP contribution is -2.16. The summed E-state index contributed by atoms with van der Waals surface area (Å²) in [6.45, 7) is 11.6. The Morgan fingerprint density at radius 1 is 1.00 bits per heavy atom. The van der Waals surface area contributed by atoms with E-state index in [2.05, 4.69) is 26.8 Å². The van der Waals surface area contributed by atoms with Crippen LogP contribution in [0.2, 0.25) is 0 Å². The van der Waals surface area contributed by atoms with E-state index in [1.165, 1.54) is 5.56 Å². The fourth-order valence-electron chi connectivity index (χ4n) is 1.73. The van der Waals surface area contributed by atoms with E-state index >= 15 is 0 Å². The average Bonchev–Trinajstić information content (AvgIpc) is 2.00. The van der Waals surface area contributed by atoms with Gasteiger partial charge in [-0.2, -0.15) is 0 Å². The highest BCUT2D eigenvalue weighted by molar-refractivity contribution is 5.37. The standard InChI is InChI=1S/C14H21F/c1-10-7-8-11(13(2,3)4)9-12(10)14(5,6)15/h7-9H,1-6H3. The zero-order chi connectivity index (χ0) is 11.9. The molecule has 1 rings (SSSR count). The van der Waals surface area contributed by atoms with Gasteiger partial charge >= 0.3 is 0 Å². The molecule has 0 fully saturated rings. The van der Waals surface area contributed by atoms with Crippen molar-refractivity contribution in [1.82, 2.24) is 0 Å². The lowest BCUT2D eigenvalue weighted by atomic mass is 9.83. The maximum atomic E-state index is 14.0. The van der Waals surface area contributed by atoms with Crippen LogP contribution in [0.15, 0.2) is 18.2 Å². The smallest absolute Gasteiger partial charge is 0.130 e. The highest BCUT2D eigenvalue weighted by atomic mass is 19.1. The minimum atomic E-state index is -1.26. The third-order valence-corrected chi connectivity index (χ3v) is 2.74. The second-order valence-corrected chi connectivity index (χ2v) is 5.75. The molecule has 0 N–H and O–H groups in total. The molecule has 0 saturated carbocycles. The van der Waals surface area contributed by atoms with Crippen LogP contribution in [0.3, 0.4) is 0 Å². The van der Waals surface area contributed by atoms with E-state index in [9.17, 15) is 4.39 Å². The normalized spacial score (nSPS) is 13.0. The van der Waals surface area contributed by atoms with E-state index in [-0.39, 0.29) is 5.41 Å². The largest absolute Gasteiger partial charge is 0.239 e. The van der Waals surface area contributed by atoms with Gasteiger partial charge in [0.15, 0.2) is 0 Å². The fourth-order valence-corrected chi connectivity index (χ4v) is 1.73. The zero-order valence-electron chi connectivity index (χ0n) is 10.6. The quantitative estimate of drug-likeness (QED) is 0.637. The van der Waals surface area contributed by atoms with Crippen LogP contribution in [0.1, 0.15) is 51.3 Å². The predicted molar refractivity (Wildman–Crippen MR) is 64.0 cm³/mol. The average molecular weight is 208 g/mol. The van der Waals surface area contributed by atoms with Crippen LogP contribution >= 0.6 is 0 Å². The molecule has 0 aliphatic carbocycles. The molecule has 1 aromatic carbocycles. The van der Waals surface area contributed by atoms with Gasteiger partial charge in [0.1, 0.15) is 5.67 Å². The molecule has 0 bridgehead atoms. The van der Waals surface area contributed by atoms with E-state index < -0.39 is 5.67 Å². The molecule has 0 saturated heterocycles. The van der Waals surface area contributed by atoms with Crippen LogP contribution in [0, 0.1) is 6.92 Å². The molecule has 0 nitrogen and oxygen atoms in total. The fraction of sp³-hybridized carbons (Fsp3) is 0.571. The molecule has 84 valence electrons. The number of hydrogen-bond donors (Lipinski definition) is 0. The molecule has 0 spiro atoms. The molecular formula is C14H21F.